The van der Waals surface area contributed by atoms with Crippen LogP contribution in [0.1, 0.15) is 138 Å². The van der Waals surface area contributed by atoms with E-state index in [-0.39, 0.29) is 0 Å². The van der Waals surface area contributed by atoms with Crippen LogP contribution in [0.5, 0.6) is 0 Å². The van der Waals surface area contributed by atoms with Crippen molar-refractivity contribution in [1.29, 1.82) is 0 Å². The van der Waals surface area contributed by atoms with Gasteiger partial charge < -0.3 is 5.73 Å². The maximum absolute atomic E-state index is 6.77. The molecule has 0 aromatic heterocycles. The Hall–Kier alpha value is -1.50. The smallest absolute Gasteiger partial charge is 0.0350 e. The summed E-state index contributed by atoms with van der Waals surface area (Å²) in [5, 5.41) is 0. The van der Waals surface area contributed by atoms with E-state index in [0.717, 1.165) is 37.8 Å². The molecule has 0 unspecified atom stereocenters. The summed E-state index contributed by atoms with van der Waals surface area (Å²) in [6, 6.07) is 0. The van der Waals surface area contributed by atoms with E-state index in [4.69, 9.17) is 5.73 Å². The molecule has 0 aliphatic carbocycles. The first kappa shape index (κ1) is 30.5. The summed E-state index contributed by atoms with van der Waals surface area (Å²) in [4.78, 5) is 0. The minimum Gasteiger partial charge on any atom is -0.398 e. The van der Waals surface area contributed by atoms with Crippen LogP contribution in [-0.2, 0) is 0 Å². The number of hydrogen-bond acceptors (Lipinski definition) is 1. The molecular weight excluding hydrogens is 386 g/mol. The summed E-state index contributed by atoms with van der Waals surface area (Å²) in [6.45, 7) is 13.6. The number of unbranched alkanes of at least 4 members (excludes halogenated alkanes) is 10. The van der Waals surface area contributed by atoms with Gasteiger partial charge >= 0.3 is 0 Å². The zero-order chi connectivity index (χ0) is 24.0. The lowest BCUT2D eigenvalue weighted by molar-refractivity contribution is 0.799. The number of hydrogen-bond donors (Lipinski definition) is 1. The van der Waals surface area contributed by atoms with Crippen molar-refractivity contribution in [2.45, 2.75) is 138 Å². The fourth-order valence-corrected chi connectivity index (χ4v) is 3.79. The lowest BCUT2D eigenvalue weighted by Gasteiger charge is -2.19. The van der Waals surface area contributed by atoms with Crippen molar-refractivity contribution in [3.8, 4) is 0 Å². The van der Waals surface area contributed by atoms with E-state index < -0.39 is 0 Å². The molecule has 1 nitrogen and oxygen atoms in total. The van der Waals surface area contributed by atoms with Crippen LogP contribution in [0.25, 0.3) is 0 Å². The second-order valence-electron chi connectivity index (χ2n) is 9.11. The van der Waals surface area contributed by atoms with Crippen molar-refractivity contribution in [3.05, 3.63) is 58.4 Å². The van der Waals surface area contributed by atoms with Crippen LogP contribution in [0.4, 0.5) is 0 Å². The first-order chi connectivity index (χ1) is 15.6. The van der Waals surface area contributed by atoms with Crippen molar-refractivity contribution < 1.29 is 0 Å². The maximum Gasteiger partial charge on any atom is 0.0350 e. The average molecular weight is 442 g/mol. The topological polar surface area (TPSA) is 26.0 Å². The van der Waals surface area contributed by atoms with Crippen LogP contribution in [0.15, 0.2) is 58.4 Å². The Morgan fingerprint density at radius 1 is 0.469 bits per heavy atom. The molecular formula is C31H55N. The molecule has 0 heterocycles. The van der Waals surface area contributed by atoms with Crippen molar-refractivity contribution in [1.82, 2.24) is 0 Å². The van der Waals surface area contributed by atoms with Crippen LogP contribution < -0.4 is 5.73 Å². The van der Waals surface area contributed by atoms with Gasteiger partial charge in [0.25, 0.3) is 0 Å². The second kappa shape index (κ2) is 21.4. The van der Waals surface area contributed by atoms with Gasteiger partial charge in [0.2, 0.25) is 0 Å². The molecule has 0 aromatic rings. The van der Waals surface area contributed by atoms with E-state index in [1.807, 2.05) is 0 Å². The Morgan fingerprint density at radius 2 is 0.812 bits per heavy atom. The molecule has 0 saturated heterocycles. The van der Waals surface area contributed by atoms with Gasteiger partial charge in [-0.05, 0) is 62.2 Å². The van der Waals surface area contributed by atoms with E-state index in [1.165, 1.54) is 86.5 Å². The molecule has 0 radical (unpaired) electrons. The normalized spacial score (nSPS) is 14.4. The lowest BCUT2D eigenvalue weighted by Crippen LogP contribution is -2.07. The minimum absolute atomic E-state index is 0.972. The van der Waals surface area contributed by atoms with Crippen molar-refractivity contribution in [2.24, 2.45) is 5.73 Å². The zero-order valence-corrected chi connectivity index (χ0v) is 22.6. The molecule has 0 saturated carbocycles. The van der Waals surface area contributed by atoms with Gasteiger partial charge in [-0.15, -0.1) is 0 Å². The summed E-state index contributed by atoms with van der Waals surface area (Å²) in [5.74, 6) is 0. The van der Waals surface area contributed by atoms with E-state index in [9.17, 15) is 0 Å². The van der Waals surface area contributed by atoms with Crippen molar-refractivity contribution >= 4 is 0 Å². The quantitative estimate of drug-likeness (QED) is 0.156. The molecule has 0 aliphatic heterocycles. The molecule has 1 heteroatoms. The zero-order valence-electron chi connectivity index (χ0n) is 22.6. The lowest BCUT2D eigenvalue weighted by atomic mass is 9.87. The Kier molecular flexibility index (Phi) is 20.4. The summed E-state index contributed by atoms with van der Waals surface area (Å²) in [7, 11) is 0. The van der Waals surface area contributed by atoms with Gasteiger partial charge in [0.05, 0.1) is 0 Å². The van der Waals surface area contributed by atoms with Gasteiger partial charge in [-0.25, -0.2) is 0 Å². The highest BCUT2D eigenvalue weighted by Gasteiger charge is 2.14. The molecule has 0 aliphatic rings. The van der Waals surface area contributed by atoms with Crippen molar-refractivity contribution in [3.63, 3.8) is 0 Å². The minimum atomic E-state index is 0.972. The third-order valence-electron chi connectivity index (χ3n) is 5.96. The Morgan fingerprint density at radius 3 is 1.25 bits per heavy atom. The molecule has 0 fully saturated rings. The second-order valence-corrected chi connectivity index (χ2v) is 9.11. The molecule has 0 rings (SSSR count). The third-order valence-corrected chi connectivity index (χ3v) is 5.96. The molecule has 32 heavy (non-hydrogen) atoms. The van der Waals surface area contributed by atoms with Gasteiger partial charge in [0, 0.05) is 11.3 Å². The van der Waals surface area contributed by atoms with Crippen LogP contribution in [-0.4, -0.2) is 0 Å². The van der Waals surface area contributed by atoms with E-state index in [0.29, 0.717) is 0 Å². The van der Waals surface area contributed by atoms with E-state index in [2.05, 4.69) is 71.9 Å². The third kappa shape index (κ3) is 13.8. The largest absolute Gasteiger partial charge is 0.398 e. The van der Waals surface area contributed by atoms with Crippen LogP contribution >= 0.6 is 0 Å². The number of nitrogens with two attached hydrogens (primary N) is 1. The highest BCUT2D eigenvalue weighted by Crippen LogP contribution is 2.32. The SMILES string of the molecule is CCCCC=C(C)C(=CCCCC)C(=CCCCC)C(=CCCCC)C(N)=CCCCC. The Bertz CT molecular complexity index is 564. The average Bonchev–Trinajstić information content (AvgIpc) is 2.78. The van der Waals surface area contributed by atoms with E-state index in [1.54, 1.807) is 0 Å². The van der Waals surface area contributed by atoms with Gasteiger partial charge in [-0.1, -0.05) is 123 Å². The summed E-state index contributed by atoms with van der Waals surface area (Å²) >= 11 is 0. The first-order valence-electron chi connectivity index (χ1n) is 13.8. The van der Waals surface area contributed by atoms with Gasteiger partial charge in [-0.2, -0.15) is 0 Å². The predicted molar refractivity (Wildman–Crippen MR) is 148 cm³/mol. The molecule has 184 valence electrons. The molecule has 0 amide bonds. The molecule has 2 N–H and O–H groups in total. The Balaban J connectivity index is 6.40. The van der Waals surface area contributed by atoms with Crippen molar-refractivity contribution in [2.75, 3.05) is 0 Å². The molecule has 0 atom stereocenters. The number of rotatable bonds is 19. The molecule has 0 bridgehead atoms. The maximum atomic E-state index is 6.77. The van der Waals surface area contributed by atoms with Crippen LogP contribution in [0, 0.1) is 0 Å². The van der Waals surface area contributed by atoms with Gasteiger partial charge in [0.15, 0.2) is 0 Å². The van der Waals surface area contributed by atoms with Gasteiger partial charge in [-0.3, -0.25) is 0 Å². The fraction of sp³-hybridized carbons (Fsp3) is 0.677. The summed E-state index contributed by atoms with van der Waals surface area (Å²) < 4.78 is 0. The van der Waals surface area contributed by atoms with E-state index >= 15 is 0 Å². The van der Waals surface area contributed by atoms with Crippen LogP contribution in [0.2, 0.25) is 0 Å². The summed E-state index contributed by atoms with van der Waals surface area (Å²) in [6.07, 6.45) is 30.0. The molecule has 0 spiro atoms. The Labute approximate surface area is 202 Å². The fourth-order valence-electron chi connectivity index (χ4n) is 3.79. The first-order valence-corrected chi connectivity index (χ1v) is 13.8. The highest BCUT2D eigenvalue weighted by molar-refractivity contribution is 5.60. The number of allylic oxidation sites excluding steroid dienone is 8. The summed E-state index contributed by atoms with van der Waals surface area (Å²) in [5.41, 5.74) is 13.2. The standard InChI is InChI=1S/C31H55N/c1-7-12-17-22-27(6)28(23-18-13-8-2)29(24-19-14-9-3)30(25-20-15-10-4)31(32)26-21-16-11-5/h22-26H,7-21,32H2,1-6H3. The van der Waals surface area contributed by atoms with Gasteiger partial charge in [0.1, 0.15) is 0 Å². The highest BCUT2D eigenvalue weighted by atomic mass is 14.6. The molecule has 0 aromatic carbocycles. The van der Waals surface area contributed by atoms with Crippen LogP contribution in [0.3, 0.4) is 0 Å². The predicted octanol–water partition coefficient (Wildman–Crippen LogP) is 10.5. The monoisotopic (exact) mass is 441 g/mol.